The maximum absolute atomic E-state index is 12.9. The van der Waals surface area contributed by atoms with Crippen LogP contribution in [0.15, 0.2) is 23.1 Å². The van der Waals surface area contributed by atoms with Gasteiger partial charge < -0.3 is 14.8 Å². The van der Waals surface area contributed by atoms with Crippen molar-refractivity contribution in [2.75, 3.05) is 59.1 Å². The molecule has 0 spiro atoms. The first-order valence-corrected chi connectivity index (χ1v) is 11.6. The van der Waals surface area contributed by atoms with Crippen LogP contribution in [0.1, 0.15) is 25.8 Å². The molecule has 0 bridgehead atoms. The molecule has 0 unspecified atom stereocenters. The molecule has 29 heavy (non-hydrogen) atoms. The standard InChI is InChI=1S/C20H33N3O5S/c1-4-23(16-20(24)21-9-6-10-22-11-13-27-14-12-22)29(25,26)18-7-8-19(28-5-2)17(3)15-18/h7-8,15H,4-6,9-14,16H2,1-3H3,(H,21,24). The normalized spacial score (nSPS) is 15.4. The summed E-state index contributed by atoms with van der Waals surface area (Å²) in [5.41, 5.74) is 0.747. The first-order valence-electron chi connectivity index (χ1n) is 10.2. The van der Waals surface area contributed by atoms with E-state index in [0.29, 0.717) is 18.9 Å². The SMILES string of the molecule is CCOc1ccc(S(=O)(=O)N(CC)CC(=O)NCCCN2CCOCC2)cc1C. The maximum Gasteiger partial charge on any atom is 0.243 e. The molecular formula is C20H33N3O5S. The summed E-state index contributed by atoms with van der Waals surface area (Å²) in [6, 6.07) is 4.77. The minimum atomic E-state index is -3.75. The van der Waals surface area contributed by atoms with E-state index in [9.17, 15) is 13.2 Å². The summed E-state index contributed by atoms with van der Waals surface area (Å²) in [6.45, 7) is 10.7. The van der Waals surface area contributed by atoms with Crippen molar-refractivity contribution in [3.63, 3.8) is 0 Å². The lowest BCUT2D eigenvalue weighted by Crippen LogP contribution is -2.42. The number of likely N-dealkylation sites (N-methyl/N-ethyl adjacent to an activating group) is 1. The second kappa shape index (κ2) is 11.5. The first-order chi connectivity index (χ1) is 13.9. The van der Waals surface area contributed by atoms with Crippen molar-refractivity contribution in [1.29, 1.82) is 0 Å². The Hall–Kier alpha value is -1.68. The van der Waals surface area contributed by atoms with Gasteiger partial charge in [0, 0.05) is 26.2 Å². The highest BCUT2D eigenvalue weighted by molar-refractivity contribution is 7.89. The lowest BCUT2D eigenvalue weighted by molar-refractivity contribution is -0.121. The predicted molar refractivity (Wildman–Crippen MR) is 112 cm³/mol. The summed E-state index contributed by atoms with van der Waals surface area (Å²) in [5.74, 6) is 0.368. The van der Waals surface area contributed by atoms with Gasteiger partial charge in [0.2, 0.25) is 15.9 Å². The van der Waals surface area contributed by atoms with Gasteiger partial charge in [0.1, 0.15) is 5.75 Å². The van der Waals surface area contributed by atoms with E-state index in [1.165, 1.54) is 10.4 Å². The Morgan fingerprint density at radius 1 is 1.28 bits per heavy atom. The molecule has 8 nitrogen and oxygen atoms in total. The minimum absolute atomic E-state index is 0.167. The first kappa shape index (κ1) is 23.6. The number of benzene rings is 1. The zero-order valence-electron chi connectivity index (χ0n) is 17.6. The van der Waals surface area contributed by atoms with Crippen LogP contribution in [0.3, 0.4) is 0 Å². The average molecular weight is 428 g/mol. The molecule has 1 saturated heterocycles. The van der Waals surface area contributed by atoms with E-state index in [0.717, 1.165) is 44.8 Å². The number of ether oxygens (including phenoxy) is 2. The third-order valence-electron chi connectivity index (χ3n) is 4.83. The molecule has 1 aliphatic heterocycles. The summed E-state index contributed by atoms with van der Waals surface area (Å²) in [7, 11) is -3.75. The lowest BCUT2D eigenvalue weighted by atomic mass is 10.2. The Morgan fingerprint density at radius 3 is 2.62 bits per heavy atom. The van der Waals surface area contributed by atoms with Crippen LogP contribution in [0.5, 0.6) is 5.75 Å². The summed E-state index contributed by atoms with van der Waals surface area (Å²) >= 11 is 0. The molecule has 0 atom stereocenters. The number of hydrogen-bond acceptors (Lipinski definition) is 6. The van der Waals surface area contributed by atoms with E-state index in [1.54, 1.807) is 19.1 Å². The average Bonchev–Trinajstić information content (AvgIpc) is 2.71. The largest absolute Gasteiger partial charge is 0.494 e. The van der Waals surface area contributed by atoms with Crippen molar-refractivity contribution in [1.82, 2.24) is 14.5 Å². The molecule has 9 heteroatoms. The van der Waals surface area contributed by atoms with Gasteiger partial charge in [-0.25, -0.2) is 8.42 Å². The number of nitrogens with zero attached hydrogens (tertiary/aromatic N) is 2. The van der Waals surface area contributed by atoms with Crippen LogP contribution in [0.4, 0.5) is 0 Å². The molecule has 1 N–H and O–H groups in total. The van der Waals surface area contributed by atoms with Gasteiger partial charge in [0.25, 0.3) is 0 Å². The van der Waals surface area contributed by atoms with Gasteiger partial charge in [-0.1, -0.05) is 6.92 Å². The quantitative estimate of drug-likeness (QED) is 0.535. The Kier molecular flexibility index (Phi) is 9.35. The number of carbonyl (C=O) groups excluding carboxylic acids is 1. The smallest absolute Gasteiger partial charge is 0.243 e. The van der Waals surface area contributed by atoms with Crippen LogP contribution < -0.4 is 10.1 Å². The summed E-state index contributed by atoms with van der Waals surface area (Å²) in [4.78, 5) is 14.7. The molecule has 1 fully saturated rings. The van der Waals surface area contributed by atoms with E-state index in [1.807, 2.05) is 13.8 Å². The van der Waals surface area contributed by atoms with Crippen molar-refractivity contribution in [3.05, 3.63) is 23.8 Å². The molecule has 1 aromatic rings. The second-order valence-electron chi connectivity index (χ2n) is 6.95. The highest BCUT2D eigenvalue weighted by Gasteiger charge is 2.25. The molecule has 0 aliphatic carbocycles. The number of rotatable bonds is 11. The fraction of sp³-hybridized carbons (Fsp3) is 0.650. The van der Waals surface area contributed by atoms with Crippen LogP contribution in [-0.2, 0) is 19.6 Å². The Bertz CT molecular complexity index is 763. The van der Waals surface area contributed by atoms with E-state index in [-0.39, 0.29) is 23.9 Å². The fourth-order valence-electron chi connectivity index (χ4n) is 3.19. The molecule has 0 saturated carbocycles. The van der Waals surface area contributed by atoms with E-state index < -0.39 is 10.0 Å². The van der Waals surface area contributed by atoms with Gasteiger partial charge in [0.05, 0.1) is 31.3 Å². The molecule has 1 amide bonds. The highest BCUT2D eigenvalue weighted by Crippen LogP contribution is 2.24. The third-order valence-corrected chi connectivity index (χ3v) is 6.75. The third kappa shape index (κ3) is 6.95. The number of amides is 1. The van der Waals surface area contributed by atoms with Crippen molar-refractivity contribution < 1.29 is 22.7 Å². The fourth-order valence-corrected chi connectivity index (χ4v) is 4.68. The number of morpholine rings is 1. The summed E-state index contributed by atoms with van der Waals surface area (Å²) in [6.07, 6.45) is 0.822. The zero-order valence-corrected chi connectivity index (χ0v) is 18.5. The van der Waals surface area contributed by atoms with Crippen molar-refractivity contribution in [2.45, 2.75) is 32.1 Å². The molecule has 0 radical (unpaired) electrons. The molecule has 1 aromatic carbocycles. The van der Waals surface area contributed by atoms with Gasteiger partial charge >= 0.3 is 0 Å². The molecule has 1 aliphatic rings. The van der Waals surface area contributed by atoms with Crippen LogP contribution in [0.2, 0.25) is 0 Å². The van der Waals surface area contributed by atoms with Crippen molar-refractivity contribution >= 4 is 15.9 Å². The predicted octanol–water partition coefficient (Wildman–Crippen LogP) is 1.24. The van der Waals surface area contributed by atoms with Crippen molar-refractivity contribution in [2.24, 2.45) is 0 Å². The number of hydrogen-bond donors (Lipinski definition) is 1. The maximum atomic E-state index is 12.9. The van der Waals surface area contributed by atoms with Crippen molar-refractivity contribution in [3.8, 4) is 5.75 Å². The number of aryl methyl sites for hydroxylation is 1. The minimum Gasteiger partial charge on any atom is -0.494 e. The Morgan fingerprint density at radius 2 is 2.00 bits per heavy atom. The van der Waals surface area contributed by atoms with Crippen LogP contribution in [0, 0.1) is 6.92 Å². The van der Waals surface area contributed by atoms with Gasteiger partial charge in [-0.15, -0.1) is 0 Å². The van der Waals surface area contributed by atoms with Gasteiger partial charge in [0.15, 0.2) is 0 Å². The van der Waals surface area contributed by atoms with E-state index >= 15 is 0 Å². The summed E-state index contributed by atoms with van der Waals surface area (Å²) < 4.78 is 37.9. The van der Waals surface area contributed by atoms with Gasteiger partial charge in [-0.2, -0.15) is 4.31 Å². The number of nitrogens with one attached hydrogen (secondary N) is 1. The monoisotopic (exact) mass is 427 g/mol. The molecule has 0 aromatic heterocycles. The topological polar surface area (TPSA) is 88.2 Å². The molecule has 164 valence electrons. The molecule has 2 rings (SSSR count). The number of carbonyl (C=O) groups is 1. The Labute approximate surface area is 174 Å². The van der Waals surface area contributed by atoms with E-state index in [2.05, 4.69) is 10.2 Å². The summed E-state index contributed by atoms with van der Waals surface area (Å²) in [5, 5.41) is 2.82. The molecule has 1 heterocycles. The highest BCUT2D eigenvalue weighted by atomic mass is 32.2. The van der Waals surface area contributed by atoms with Gasteiger partial charge in [-0.05, 0) is 50.6 Å². The van der Waals surface area contributed by atoms with Gasteiger partial charge in [-0.3, -0.25) is 9.69 Å². The van der Waals surface area contributed by atoms with Crippen LogP contribution >= 0.6 is 0 Å². The zero-order chi connectivity index (χ0) is 21.3. The lowest BCUT2D eigenvalue weighted by Gasteiger charge is -2.26. The second-order valence-corrected chi connectivity index (χ2v) is 8.89. The number of sulfonamides is 1. The van der Waals surface area contributed by atoms with Crippen LogP contribution in [0.25, 0.3) is 0 Å². The van der Waals surface area contributed by atoms with E-state index in [4.69, 9.17) is 9.47 Å². The Balaban J connectivity index is 1.88. The van der Waals surface area contributed by atoms with Crippen LogP contribution in [-0.4, -0.2) is 82.6 Å². The molecular weight excluding hydrogens is 394 g/mol.